The fourth-order valence-electron chi connectivity index (χ4n) is 3.47. The van der Waals surface area contributed by atoms with Crippen LogP contribution in [0.4, 0.5) is 15.8 Å². The normalized spacial score (nSPS) is 11.0. The topological polar surface area (TPSA) is 84.9 Å². The fraction of sp³-hybridized carbons (Fsp3) is 0.107. The minimum absolute atomic E-state index is 0.150. The van der Waals surface area contributed by atoms with Crippen molar-refractivity contribution in [2.75, 3.05) is 22.5 Å². The highest BCUT2D eigenvalue weighted by Crippen LogP contribution is 2.25. The minimum Gasteiger partial charge on any atom is -0.484 e. The van der Waals surface area contributed by atoms with E-state index in [1.165, 1.54) is 12.1 Å². The summed E-state index contributed by atoms with van der Waals surface area (Å²) in [5, 5.41) is 2.74. The second-order valence-electron chi connectivity index (χ2n) is 8.13. The number of carbonyl (C=O) groups is 1. The van der Waals surface area contributed by atoms with Crippen molar-refractivity contribution in [2.24, 2.45) is 0 Å². The zero-order valence-corrected chi connectivity index (χ0v) is 20.8. The number of ether oxygens (including phenoxy) is 2. The van der Waals surface area contributed by atoms with Crippen molar-refractivity contribution in [3.63, 3.8) is 0 Å². The molecule has 0 aliphatic rings. The summed E-state index contributed by atoms with van der Waals surface area (Å²) in [5.41, 5.74) is 1.19. The molecular weight excluding hydrogens is 495 g/mol. The molecule has 0 radical (unpaired) electrons. The summed E-state index contributed by atoms with van der Waals surface area (Å²) in [7, 11) is -3.67. The third kappa shape index (κ3) is 7.31. The van der Waals surface area contributed by atoms with Gasteiger partial charge in [0.1, 0.15) is 23.1 Å². The van der Waals surface area contributed by atoms with Gasteiger partial charge in [0, 0.05) is 11.3 Å². The molecule has 0 saturated heterocycles. The molecule has 37 heavy (non-hydrogen) atoms. The van der Waals surface area contributed by atoms with Gasteiger partial charge in [-0.15, -0.1) is 0 Å². The van der Waals surface area contributed by atoms with E-state index < -0.39 is 15.8 Å². The molecule has 0 spiro atoms. The third-order valence-corrected chi connectivity index (χ3v) is 6.42. The van der Waals surface area contributed by atoms with Gasteiger partial charge in [-0.2, -0.15) is 0 Å². The Morgan fingerprint density at radius 1 is 0.811 bits per heavy atom. The Kier molecular flexibility index (Phi) is 8.05. The first-order valence-corrected chi connectivity index (χ1v) is 13.2. The van der Waals surface area contributed by atoms with Crippen molar-refractivity contribution in [3.8, 4) is 17.2 Å². The van der Waals surface area contributed by atoms with Gasteiger partial charge in [0.25, 0.3) is 5.91 Å². The zero-order valence-electron chi connectivity index (χ0n) is 20.0. The molecule has 0 saturated carbocycles. The molecular formula is C28H25FN2O5S. The lowest BCUT2D eigenvalue weighted by Gasteiger charge is -2.23. The van der Waals surface area contributed by atoms with Crippen LogP contribution in [0.5, 0.6) is 17.2 Å². The highest BCUT2D eigenvalue weighted by molar-refractivity contribution is 7.92. The minimum atomic E-state index is -3.67. The van der Waals surface area contributed by atoms with Crippen LogP contribution in [0, 0.1) is 5.82 Å². The van der Waals surface area contributed by atoms with Gasteiger partial charge in [-0.3, -0.25) is 9.10 Å². The molecule has 4 aromatic carbocycles. The molecule has 0 aliphatic heterocycles. The Balaban J connectivity index is 1.32. The Morgan fingerprint density at radius 2 is 1.41 bits per heavy atom. The predicted octanol–water partition coefficient (Wildman–Crippen LogP) is 5.60. The van der Waals surface area contributed by atoms with Gasteiger partial charge in [0.15, 0.2) is 6.61 Å². The molecule has 190 valence electrons. The SMILES string of the molecule is CS(=O)(=O)N(Cc1ccccc1F)c1ccc(OCC(=O)Nc2ccc(Oc3ccccc3)cc2)cc1. The average molecular weight is 521 g/mol. The van der Waals surface area contributed by atoms with Crippen LogP contribution in [-0.2, 0) is 21.4 Å². The first kappa shape index (κ1) is 25.7. The smallest absolute Gasteiger partial charge is 0.262 e. The van der Waals surface area contributed by atoms with Gasteiger partial charge in [0.05, 0.1) is 18.5 Å². The van der Waals surface area contributed by atoms with Gasteiger partial charge in [-0.1, -0.05) is 36.4 Å². The number of amides is 1. The number of benzene rings is 4. The number of nitrogens with one attached hydrogen (secondary N) is 1. The quantitative estimate of drug-likeness (QED) is 0.294. The summed E-state index contributed by atoms with van der Waals surface area (Å²) in [6.07, 6.45) is 1.06. The number of rotatable bonds is 10. The van der Waals surface area contributed by atoms with Crippen molar-refractivity contribution < 1.29 is 27.1 Å². The number of carbonyl (C=O) groups excluding carboxylic acids is 1. The van der Waals surface area contributed by atoms with Crippen LogP contribution in [0.2, 0.25) is 0 Å². The van der Waals surface area contributed by atoms with Gasteiger partial charge >= 0.3 is 0 Å². The van der Waals surface area contributed by atoms with Crippen molar-refractivity contribution >= 4 is 27.3 Å². The molecule has 0 aliphatic carbocycles. The first-order valence-electron chi connectivity index (χ1n) is 11.3. The van der Waals surface area contributed by atoms with Gasteiger partial charge < -0.3 is 14.8 Å². The van der Waals surface area contributed by atoms with E-state index in [2.05, 4.69) is 5.32 Å². The number of halogens is 1. The molecule has 0 atom stereocenters. The van der Waals surface area contributed by atoms with E-state index in [-0.39, 0.29) is 24.6 Å². The predicted molar refractivity (Wildman–Crippen MR) is 141 cm³/mol. The van der Waals surface area contributed by atoms with Crippen LogP contribution in [0.25, 0.3) is 0 Å². The van der Waals surface area contributed by atoms with Crippen LogP contribution in [0.15, 0.2) is 103 Å². The van der Waals surface area contributed by atoms with Crippen LogP contribution >= 0.6 is 0 Å². The molecule has 9 heteroatoms. The van der Waals surface area contributed by atoms with Crippen molar-refractivity contribution in [2.45, 2.75) is 6.54 Å². The third-order valence-electron chi connectivity index (χ3n) is 5.28. The maximum Gasteiger partial charge on any atom is 0.262 e. The molecule has 0 unspecified atom stereocenters. The molecule has 0 heterocycles. The Bertz CT molecular complexity index is 1440. The number of hydrogen-bond donors (Lipinski definition) is 1. The van der Waals surface area contributed by atoms with Gasteiger partial charge in [0.2, 0.25) is 10.0 Å². The molecule has 0 fully saturated rings. The van der Waals surface area contributed by atoms with Gasteiger partial charge in [-0.05, 0) is 66.7 Å². The number of nitrogens with zero attached hydrogens (tertiary/aromatic N) is 1. The second kappa shape index (κ2) is 11.6. The van der Waals surface area contributed by atoms with Crippen molar-refractivity contribution in [1.29, 1.82) is 0 Å². The lowest BCUT2D eigenvalue weighted by atomic mass is 10.2. The summed E-state index contributed by atoms with van der Waals surface area (Å²) < 4.78 is 51.1. The Labute approximate surface area is 215 Å². The van der Waals surface area contributed by atoms with Crippen LogP contribution in [0.3, 0.4) is 0 Å². The fourth-order valence-corrected chi connectivity index (χ4v) is 4.35. The Morgan fingerprint density at radius 3 is 2.05 bits per heavy atom. The summed E-state index contributed by atoms with van der Waals surface area (Å²) >= 11 is 0. The van der Waals surface area contributed by atoms with E-state index in [0.717, 1.165) is 10.6 Å². The van der Waals surface area contributed by atoms with Crippen molar-refractivity contribution in [1.82, 2.24) is 0 Å². The number of para-hydroxylation sites is 1. The summed E-state index contributed by atoms with van der Waals surface area (Å²) in [4.78, 5) is 12.3. The van der Waals surface area contributed by atoms with E-state index in [1.54, 1.807) is 60.7 Å². The Hall–Kier alpha value is -4.37. The van der Waals surface area contributed by atoms with E-state index in [4.69, 9.17) is 9.47 Å². The van der Waals surface area contributed by atoms with E-state index in [0.29, 0.717) is 28.6 Å². The van der Waals surface area contributed by atoms with E-state index in [1.807, 2.05) is 30.3 Å². The average Bonchev–Trinajstić information content (AvgIpc) is 2.88. The lowest BCUT2D eigenvalue weighted by molar-refractivity contribution is -0.118. The summed E-state index contributed by atoms with van der Waals surface area (Å²) in [6, 6.07) is 28.5. The highest BCUT2D eigenvalue weighted by Gasteiger charge is 2.19. The molecule has 4 aromatic rings. The number of sulfonamides is 1. The second-order valence-corrected chi connectivity index (χ2v) is 10.0. The molecule has 0 bridgehead atoms. The van der Waals surface area contributed by atoms with E-state index >= 15 is 0 Å². The number of hydrogen-bond acceptors (Lipinski definition) is 5. The largest absolute Gasteiger partial charge is 0.484 e. The molecule has 1 N–H and O–H groups in total. The lowest BCUT2D eigenvalue weighted by Crippen LogP contribution is -2.29. The monoisotopic (exact) mass is 520 g/mol. The van der Waals surface area contributed by atoms with Crippen molar-refractivity contribution in [3.05, 3.63) is 115 Å². The maximum absolute atomic E-state index is 14.1. The molecule has 4 rings (SSSR count). The van der Waals surface area contributed by atoms with Crippen LogP contribution in [-0.4, -0.2) is 27.2 Å². The van der Waals surface area contributed by atoms with Crippen LogP contribution in [0.1, 0.15) is 5.56 Å². The van der Waals surface area contributed by atoms with Gasteiger partial charge in [-0.25, -0.2) is 12.8 Å². The molecule has 0 aromatic heterocycles. The highest BCUT2D eigenvalue weighted by atomic mass is 32.2. The standard InChI is InChI=1S/C28H25FN2O5S/c1-37(33,34)31(19-21-7-5-6-10-27(21)29)23-13-17-24(18-14-23)35-20-28(32)30-22-11-15-26(16-12-22)36-25-8-3-2-4-9-25/h2-18H,19-20H2,1H3,(H,30,32). The molecule has 7 nitrogen and oxygen atoms in total. The molecule has 1 amide bonds. The zero-order chi connectivity index (χ0) is 26.3. The van der Waals surface area contributed by atoms with E-state index in [9.17, 15) is 17.6 Å². The maximum atomic E-state index is 14.1. The summed E-state index contributed by atoms with van der Waals surface area (Å²) in [5.74, 6) is 0.882. The van der Waals surface area contributed by atoms with Crippen LogP contribution < -0.4 is 19.1 Å². The summed E-state index contributed by atoms with van der Waals surface area (Å²) in [6.45, 7) is -0.393. The first-order chi connectivity index (χ1) is 17.8. The number of anilines is 2.